The molecule has 0 aliphatic rings. The number of aromatic nitrogens is 2. The van der Waals surface area contributed by atoms with Gasteiger partial charge in [0.1, 0.15) is 0 Å². The predicted molar refractivity (Wildman–Crippen MR) is 132 cm³/mol. The zero-order valence-corrected chi connectivity index (χ0v) is 22.2. The van der Waals surface area contributed by atoms with Gasteiger partial charge in [-0.2, -0.15) is 0 Å². The zero-order valence-electron chi connectivity index (χ0n) is 17.0. The van der Waals surface area contributed by atoms with E-state index in [9.17, 15) is 0 Å². The van der Waals surface area contributed by atoms with Crippen LogP contribution in [-0.2, 0) is 10.00 Å². The van der Waals surface area contributed by atoms with Crippen molar-refractivity contribution in [2.75, 3.05) is 16.6 Å². The van der Waals surface area contributed by atoms with Gasteiger partial charge in [-0.15, -0.1) is 23.2 Å². The lowest BCUT2D eigenvalue weighted by Crippen LogP contribution is -2.48. The van der Waals surface area contributed by atoms with Crippen molar-refractivity contribution in [2.24, 2.45) is 9.98 Å². The molecule has 5 nitrogen and oxygen atoms in total. The summed E-state index contributed by atoms with van der Waals surface area (Å²) in [6.45, 7) is 14.5. The van der Waals surface area contributed by atoms with Gasteiger partial charge in [0.05, 0.1) is 5.88 Å². The van der Waals surface area contributed by atoms with Gasteiger partial charge < -0.3 is 4.12 Å². The second-order valence-electron chi connectivity index (χ2n) is 7.39. The van der Waals surface area contributed by atoms with Gasteiger partial charge in [-0.05, 0) is 45.4 Å². The highest BCUT2D eigenvalue weighted by Crippen LogP contribution is 2.25. The van der Waals surface area contributed by atoms with Crippen LogP contribution in [0.2, 0.25) is 26.2 Å². The molecule has 28 heavy (non-hydrogen) atoms. The van der Waals surface area contributed by atoms with Crippen LogP contribution in [0.4, 0.5) is 0 Å². The molecule has 0 fully saturated rings. The molecular formula is C17H28Cl2N4OS2Si2. The van der Waals surface area contributed by atoms with Crippen molar-refractivity contribution < 1.29 is 4.12 Å². The second-order valence-corrected chi connectivity index (χ2v) is 19.4. The highest BCUT2D eigenvalue weighted by Gasteiger charge is 2.33. The van der Waals surface area contributed by atoms with Crippen molar-refractivity contribution in [3.8, 4) is 0 Å². The molecule has 0 N–H and O–H groups in total. The summed E-state index contributed by atoms with van der Waals surface area (Å²) in [6.07, 6.45) is 5.29. The second kappa shape index (κ2) is 12.5. The van der Waals surface area contributed by atoms with Crippen LogP contribution in [0.3, 0.4) is 0 Å². The van der Waals surface area contributed by atoms with E-state index in [1.54, 1.807) is 42.1 Å². The van der Waals surface area contributed by atoms with E-state index in [1.807, 2.05) is 6.92 Å². The summed E-state index contributed by atoms with van der Waals surface area (Å²) in [6, 6.07) is 0. The summed E-state index contributed by atoms with van der Waals surface area (Å²) in [5.74, 6) is 0.884. The number of allylic oxidation sites excluding steroid dienone is 1. The van der Waals surface area contributed by atoms with E-state index < -0.39 is 16.6 Å². The van der Waals surface area contributed by atoms with Crippen molar-refractivity contribution in [1.29, 1.82) is 0 Å². The quantitative estimate of drug-likeness (QED) is 0.103. The maximum atomic E-state index is 6.64. The van der Waals surface area contributed by atoms with Crippen molar-refractivity contribution >= 4 is 75.2 Å². The normalized spacial score (nSPS) is 13.7. The molecule has 0 aliphatic heterocycles. The van der Waals surface area contributed by atoms with E-state index in [0.717, 1.165) is 27.0 Å². The molecule has 0 spiro atoms. The summed E-state index contributed by atoms with van der Waals surface area (Å²) >= 11 is 14.8. The third-order valence-electron chi connectivity index (χ3n) is 3.23. The average Bonchev–Trinajstić information content (AvgIpc) is 2.65. The van der Waals surface area contributed by atoms with Crippen molar-refractivity contribution in [1.82, 2.24) is 9.97 Å². The fourth-order valence-electron chi connectivity index (χ4n) is 2.09. The highest BCUT2D eigenvalue weighted by molar-refractivity contribution is 8.15. The van der Waals surface area contributed by atoms with Crippen LogP contribution < -0.4 is 0 Å². The molecule has 0 unspecified atom stereocenters. The molecule has 156 valence electrons. The predicted octanol–water partition coefficient (Wildman–Crippen LogP) is 5.75. The van der Waals surface area contributed by atoms with Crippen LogP contribution >= 0.6 is 46.7 Å². The molecule has 0 saturated carbocycles. The minimum Gasteiger partial charge on any atom is -0.454 e. The Hall–Kier alpha value is -0.166. The molecule has 11 heteroatoms. The van der Waals surface area contributed by atoms with Gasteiger partial charge >= 0.3 is 0 Å². The summed E-state index contributed by atoms with van der Waals surface area (Å²) in [4.78, 5) is 17.1. The molecule has 1 heterocycles. The summed E-state index contributed by atoms with van der Waals surface area (Å²) in [5, 5.41) is 3.17. The van der Waals surface area contributed by atoms with Gasteiger partial charge in [-0.3, -0.25) is 0 Å². The van der Waals surface area contributed by atoms with Gasteiger partial charge in [-0.25, -0.2) is 20.0 Å². The fraction of sp³-hybridized carbons (Fsp3) is 0.529. The number of thioether (sulfide) groups is 2. The molecule has 0 aliphatic carbocycles. The Morgan fingerprint density at radius 2 is 1.79 bits per heavy atom. The van der Waals surface area contributed by atoms with E-state index in [1.165, 1.54) is 0 Å². The van der Waals surface area contributed by atoms with Gasteiger partial charge in [0.25, 0.3) is 0 Å². The molecule has 0 aromatic carbocycles. The summed E-state index contributed by atoms with van der Waals surface area (Å²) in [5.41, 5.74) is 1.91. The lowest BCUT2D eigenvalue weighted by molar-refractivity contribution is 0.556. The number of halogens is 2. The van der Waals surface area contributed by atoms with E-state index in [2.05, 4.69) is 52.9 Å². The molecule has 1 aromatic rings. The minimum atomic E-state index is -1.90. The van der Waals surface area contributed by atoms with Crippen LogP contribution in [0.25, 0.3) is 0 Å². The number of hydrogen-bond acceptors (Lipinski definition) is 6. The number of alkyl halides is 2. The number of amidine groups is 1. The Morgan fingerprint density at radius 1 is 1.18 bits per heavy atom. The Morgan fingerprint density at radius 3 is 2.32 bits per heavy atom. The van der Waals surface area contributed by atoms with Crippen LogP contribution in [-0.4, -0.2) is 55.1 Å². The van der Waals surface area contributed by atoms with Gasteiger partial charge in [-0.1, -0.05) is 23.5 Å². The first-order valence-electron chi connectivity index (χ1n) is 8.69. The first-order valence-corrected chi connectivity index (χ1v) is 18.0. The molecule has 1 aromatic heterocycles. The molecule has 1 rings (SSSR count). The molecule has 0 radical (unpaired) electrons. The average molecular weight is 496 g/mol. The van der Waals surface area contributed by atoms with Gasteiger partial charge in [0.2, 0.25) is 0 Å². The lowest BCUT2D eigenvalue weighted by atomic mass is 10.4. The maximum Gasteiger partial charge on any atom is 0.187 e. The number of rotatable bonds is 10. The minimum absolute atomic E-state index is 0.428. The maximum absolute atomic E-state index is 6.64. The third kappa shape index (κ3) is 10.6. The van der Waals surface area contributed by atoms with Crippen molar-refractivity contribution in [3.05, 3.63) is 29.7 Å². The Balaban J connectivity index is 2.60. The Bertz CT molecular complexity index is 701. The molecule has 0 saturated heterocycles. The fourth-order valence-corrected chi connectivity index (χ4v) is 14.1. The first kappa shape index (κ1) is 25.9. The van der Waals surface area contributed by atoms with Crippen LogP contribution in [0, 0.1) is 0 Å². The Labute approximate surface area is 189 Å². The van der Waals surface area contributed by atoms with E-state index in [0.29, 0.717) is 16.9 Å². The Kier molecular flexibility index (Phi) is 11.6. The third-order valence-corrected chi connectivity index (χ3v) is 16.1. The van der Waals surface area contributed by atoms with Crippen LogP contribution in [0.15, 0.2) is 39.3 Å². The number of hydrogen-bond donors (Lipinski definition) is 0. The molecular weight excluding hydrogens is 467 g/mol. The van der Waals surface area contributed by atoms with E-state index in [-0.39, 0.29) is 0 Å². The largest absolute Gasteiger partial charge is 0.454 e. The smallest absolute Gasteiger partial charge is 0.187 e. The molecule has 0 amide bonds. The standard InChI is InChI=1S/C17H28Cl2N4OS2Si2/c1-14(7-18)9-21-16(20-2)25-12-27(3,4)24-28(5,6)13-26-17-22-10-15(8-19)11-23-17/h9-11H,2,7-8,12-13H2,1,3-6H3/b14-9+,21-16+. The summed E-state index contributed by atoms with van der Waals surface area (Å²) in [7, 11) is -3.78. The van der Waals surface area contributed by atoms with Crippen molar-refractivity contribution in [3.63, 3.8) is 0 Å². The lowest BCUT2D eigenvalue weighted by Gasteiger charge is -2.33. The first-order chi connectivity index (χ1) is 13.1. The van der Waals surface area contributed by atoms with Crippen LogP contribution in [0.1, 0.15) is 12.5 Å². The van der Waals surface area contributed by atoms with Crippen molar-refractivity contribution in [2.45, 2.75) is 44.1 Å². The van der Waals surface area contributed by atoms with E-state index in [4.69, 9.17) is 27.3 Å². The number of aliphatic imine (C=N–C) groups is 2. The van der Waals surface area contributed by atoms with E-state index >= 15 is 0 Å². The summed E-state index contributed by atoms with van der Waals surface area (Å²) < 4.78 is 6.64. The SMILES string of the molecule is C=N/C(=N\C=C(/C)CCl)SC[Si](C)(C)O[Si](C)(C)CSc1ncc(CCl)cn1. The zero-order chi connectivity index (χ0) is 21.2. The monoisotopic (exact) mass is 494 g/mol. The molecule has 0 atom stereocenters. The van der Waals surface area contributed by atoms with Crippen LogP contribution in [0.5, 0.6) is 0 Å². The molecule has 0 bridgehead atoms. The highest BCUT2D eigenvalue weighted by atomic mass is 35.5. The topological polar surface area (TPSA) is 59.7 Å². The van der Waals surface area contributed by atoms with Gasteiger partial charge in [0, 0.05) is 40.8 Å². The number of nitrogens with zero attached hydrogens (tertiary/aromatic N) is 4. The van der Waals surface area contributed by atoms with Gasteiger partial charge in [0.15, 0.2) is 27.0 Å².